The molecule has 0 saturated heterocycles. The third-order valence-electron chi connectivity index (χ3n) is 5.54. The Morgan fingerprint density at radius 2 is 1.53 bits per heavy atom. The average molecular weight is 461 g/mol. The van der Waals surface area contributed by atoms with Gasteiger partial charge in [0.1, 0.15) is 11.5 Å². The van der Waals surface area contributed by atoms with Gasteiger partial charge in [0.25, 0.3) is 0 Å². The molecular formula is C27H24FNO5. The van der Waals surface area contributed by atoms with Crippen LogP contribution >= 0.6 is 0 Å². The standard InChI is InChI=1S/C27H24FNO5/c1-31-15-22-19(17-7-5-4-6-8-17)11-12-20(23(22)16-32-2)26-14-25(29-34-26)18-9-10-21(24(28)13-18)27(30)33-3/h4-14H,15-16H2,1-3H3. The molecule has 0 saturated carbocycles. The quantitative estimate of drug-likeness (QED) is 0.305. The van der Waals surface area contributed by atoms with E-state index in [1.165, 1.54) is 19.2 Å². The first kappa shape index (κ1) is 23.4. The molecule has 0 unspecified atom stereocenters. The van der Waals surface area contributed by atoms with Gasteiger partial charge >= 0.3 is 5.97 Å². The lowest BCUT2D eigenvalue weighted by molar-refractivity contribution is 0.0595. The van der Waals surface area contributed by atoms with Crippen molar-refractivity contribution in [2.24, 2.45) is 0 Å². The van der Waals surface area contributed by atoms with E-state index >= 15 is 0 Å². The number of ether oxygens (including phenoxy) is 3. The number of methoxy groups -OCH3 is 3. The molecule has 34 heavy (non-hydrogen) atoms. The molecule has 0 radical (unpaired) electrons. The molecule has 0 atom stereocenters. The molecule has 6 nitrogen and oxygen atoms in total. The predicted molar refractivity (Wildman–Crippen MR) is 126 cm³/mol. The van der Waals surface area contributed by atoms with E-state index in [0.717, 1.165) is 27.8 Å². The van der Waals surface area contributed by atoms with Gasteiger partial charge in [0.2, 0.25) is 0 Å². The number of carbonyl (C=O) groups excluding carboxylic acids is 1. The van der Waals surface area contributed by atoms with Gasteiger partial charge in [-0.1, -0.05) is 53.7 Å². The highest BCUT2D eigenvalue weighted by atomic mass is 19.1. The number of nitrogens with zero attached hydrogens (tertiary/aromatic N) is 1. The number of halogens is 1. The van der Waals surface area contributed by atoms with Gasteiger partial charge in [-0.25, -0.2) is 9.18 Å². The van der Waals surface area contributed by atoms with Gasteiger partial charge in [0.05, 0.1) is 25.9 Å². The molecule has 0 aliphatic rings. The number of benzene rings is 3. The topological polar surface area (TPSA) is 70.8 Å². The van der Waals surface area contributed by atoms with Crippen LogP contribution in [0.5, 0.6) is 0 Å². The van der Waals surface area contributed by atoms with Crippen molar-refractivity contribution in [3.05, 3.63) is 89.2 Å². The monoisotopic (exact) mass is 461 g/mol. The number of hydrogen-bond donors (Lipinski definition) is 0. The molecule has 0 aliphatic heterocycles. The van der Waals surface area contributed by atoms with E-state index in [2.05, 4.69) is 9.89 Å². The molecule has 4 rings (SSSR count). The number of esters is 1. The van der Waals surface area contributed by atoms with Gasteiger partial charge in [0.15, 0.2) is 5.76 Å². The maximum atomic E-state index is 14.4. The molecule has 1 heterocycles. The number of aromatic nitrogens is 1. The fourth-order valence-corrected chi connectivity index (χ4v) is 3.92. The van der Waals surface area contributed by atoms with Crippen LogP contribution in [0.4, 0.5) is 4.39 Å². The minimum atomic E-state index is -0.738. The summed E-state index contributed by atoms with van der Waals surface area (Å²) >= 11 is 0. The molecule has 174 valence electrons. The molecule has 0 N–H and O–H groups in total. The van der Waals surface area contributed by atoms with Gasteiger partial charge in [-0.3, -0.25) is 0 Å². The van der Waals surface area contributed by atoms with Crippen molar-refractivity contribution in [1.82, 2.24) is 5.16 Å². The highest BCUT2D eigenvalue weighted by Crippen LogP contribution is 2.36. The first-order valence-electron chi connectivity index (χ1n) is 10.6. The Morgan fingerprint density at radius 3 is 2.18 bits per heavy atom. The van der Waals surface area contributed by atoms with Gasteiger partial charge in [-0.05, 0) is 34.4 Å². The maximum Gasteiger partial charge on any atom is 0.340 e. The second-order valence-electron chi connectivity index (χ2n) is 7.61. The van der Waals surface area contributed by atoms with Crippen molar-refractivity contribution in [3.63, 3.8) is 0 Å². The van der Waals surface area contributed by atoms with Crippen molar-refractivity contribution in [2.75, 3.05) is 21.3 Å². The Hall–Kier alpha value is -3.81. The zero-order valence-corrected chi connectivity index (χ0v) is 19.1. The third kappa shape index (κ3) is 4.62. The molecule has 0 amide bonds. The summed E-state index contributed by atoms with van der Waals surface area (Å²) in [6, 6.07) is 20.0. The number of hydrogen-bond acceptors (Lipinski definition) is 6. The molecule has 0 aliphatic carbocycles. The van der Waals surface area contributed by atoms with Crippen molar-refractivity contribution in [2.45, 2.75) is 13.2 Å². The Labute approximate surface area is 196 Å². The maximum absolute atomic E-state index is 14.4. The summed E-state index contributed by atoms with van der Waals surface area (Å²) in [7, 11) is 4.49. The molecule has 3 aromatic carbocycles. The van der Waals surface area contributed by atoms with Crippen LogP contribution in [0.1, 0.15) is 21.5 Å². The third-order valence-corrected chi connectivity index (χ3v) is 5.54. The lowest BCUT2D eigenvalue weighted by Gasteiger charge is -2.17. The van der Waals surface area contributed by atoms with E-state index in [-0.39, 0.29) is 5.56 Å². The van der Waals surface area contributed by atoms with Crippen molar-refractivity contribution in [3.8, 4) is 33.7 Å². The van der Waals surface area contributed by atoms with Crippen LogP contribution in [-0.4, -0.2) is 32.5 Å². The second-order valence-corrected chi connectivity index (χ2v) is 7.61. The van der Waals surface area contributed by atoms with Gasteiger partial charge in [-0.2, -0.15) is 0 Å². The first-order valence-corrected chi connectivity index (χ1v) is 10.6. The first-order chi connectivity index (χ1) is 16.6. The highest BCUT2D eigenvalue weighted by molar-refractivity contribution is 5.90. The molecule has 0 spiro atoms. The molecule has 0 fully saturated rings. The van der Waals surface area contributed by atoms with Crippen LogP contribution in [-0.2, 0) is 27.4 Å². The minimum Gasteiger partial charge on any atom is -0.465 e. The Kier molecular flexibility index (Phi) is 7.15. The second kappa shape index (κ2) is 10.4. The van der Waals surface area contributed by atoms with E-state index in [1.54, 1.807) is 26.4 Å². The zero-order valence-electron chi connectivity index (χ0n) is 19.1. The van der Waals surface area contributed by atoms with Crippen LogP contribution in [0.3, 0.4) is 0 Å². The van der Waals surface area contributed by atoms with Crippen molar-refractivity contribution in [1.29, 1.82) is 0 Å². The summed E-state index contributed by atoms with van der Waals surface area (Å²) in [5.74, 6) is -0.918. The summed E-state index contributed by atoms with van der Waals surface area (Å²) in [6.45, 7) is 0.727. The van der Waals surface area contributed by atoms with Gasteiger partial charge < -0.3 is 18.7 Å². The lowest BCUT2D eigenvalue weighted by atomic mass is 9.91. The molecular weight excluding hydrogens is 437 g/mol. The van der Waals surface area contributed by atoms with E-state index in [1.807, 2.05) is 42.5 Å². The lowest BCUT2D eigenvalue weighted by Crippen LogP contribution is -2.04. The molecule has 1 aromatic heterocycles. The molecule has 4 aromatic rings. The fourth-order valence-electron chi connectivity index (χ4n) is 3.92. The van der Waals surface area contributed by atoms with Crippen molar-refractivity contribution < 1.29 is 27.9 Å². The van der Waals surface area contributed by atoms with E-state index in [9.17, 15) is 9.18 Å². The van der Waals surface area contributed by atoms with Gasteiger partial charge in [0, 0.05) is 31.4 Å². The highest BCUT2D eigenvalue weighted by Gasteiger charge is 2.20. The Balaban J connectivity index is 1.78. The van der Waals surface area contributed by atoms with E-state index in [4.69, 9.17) is 14.0 Å². The van der Waals surface area contributed by atoms with Crippen LogP contribution in [0.2, 0.25) is 0 Å². The van der Waals surface area contributed by atoms with Crippen LogP contribution < -0.4 is 0 Å². The average Bonchev–Trinajstić information content (AvgIpc) is 3.35. The summed E-state index contributed by atoms with van der Waals surface area (Å²) in [5.41, 5.74) is 5.59. The fraction of sp³-hybridized carbons (Fsp3) is 0.185. The summed E-state index contributed by atoms with van der Waals surface area (Å²) in [6.07, 6.45) is 0. The van der Waals surface area contributed by atoms with Crippen molar-refractivity contribution >= 4 is 5.97 Å². The van der Waals surface area contributed by atoms with Gasteiger partial charge in [-0.15, -0.1) is 0 Å². The van der Waals surface area contributed by atoms with E-state index in [0.29, 0.717) is 30.2 Å². The minimum absolute atomic E-state index is 0.141. The number of carbonyl (C=O) groups is 1. The molecule has 7 heteroatoms. The Morgan fingerprint density at radius 1 is 0.853 bits per heavy atom. The van der Waals surface area contributed by atoms with Crippen LogP contribution in [0, 0.1) is 5.82 Å². The van der Waals surface area contributed by atoms with E-state index < -0.39 is 11.8 Å². The normalized spacial score (nSPS) is 10.9. The predicted octanol–water partition coefficient (Wildman–Crippen LogP) is 5.89. The Bertz CT molecular complexity index is 1300. The largest absolute Gasteiger partial charge is 0.465 e. The summed E-state index contributed by atoms with van der Waals surface area (Å²) < 4.78 is 35.7. The zero-order chi connectivity index (χ0) is 24.1. The summed E-state index contributed by atoms with van der Waals surface area (Å²) in [4.78, 5) is 11.7. The molecule has 0 bridgehead atoms. The summed E-state index contributed by atoms with van der Waals surface area (Å²) in [5, 5.41) is 4.13. The van der Waals surface area contributed by atoms with Crippen LogP contribution in [0.25, 0.3) is 33.7 Å². The smallest absolute Gasteiger partial charge is 0.340 e. The number of rotatable bonds is 8. The van der Waals surface area contributed by atoms with Crippen LogP contribution in [0.15, 0.2) is 71.3 Å². The SMILES string of the molecule is COCc1c(-c2ccccc2)ccc(-c2cc(-c3ccc(C(=O)OC)c(F)c3)no2)c1COC.